The SMILES string of the molecule is C=CCN(C(=O)C(Cc1ccccc1)NC(=O)OC(C)(C)C)C(C(=O)NC(Cc1ccccc1)C(=O)OC(C)(C)C)c1ccc(C)c(C)c1. The molecule has 0 aliphatic rings. The maximum atomic E-state index is 14.6. The van der Waals surface area contributed by atoms with Gasteiger partial charge >= 0.3 is 12.1 Å². The Kier molecular flexibility index (Phi) is 13.3. The fourth-order valence-electron chi connectivity index (χ4n) is 5.24. The van der Waals surface area contributed by atoms with Crippen LogP contribution in [0.2, 0.25) is 0 Å². The van der Waals surface area contributed by atoms with Crippen LogP contribution in [0.5, 0.6) is 0 Å². The summed E-state index contributed by atoms with van der Waals surface area (Å²) in [5, 5.41) is 5.67. The molecule has 9 heteroatoms. The monoisotopic (exact) mass is 669 g/mol. The lowest BCUT2D eigenvalue weighted by molar-refractivity contribution is -0.159. The lowest BCUT2D eigenvalue weighted by Crippen LogP contribution is -2.55. The van der Waals surface area contributed by atoms with Gasteiger partial charge in [0.15, 0.2) is 0 Å². The molecule has 3 rings (SSSR count). The number of rotatable bonds is 13. The summed E-state index contributed by atoms with van der Waals surface area (Å²) < 4.78 is 11.2. The van der Waals surface area contributed by atoms with Gasteiger partial charge in [-0.1, -0.05) is 84.9 Å². The molecule has 0 saturated carbocycles. The Hall–Kier alpha value is -4.92. The summed E-state index contributed by atoms with van der Waals surface area (Å²) in [5.41, 5.74) is 2.49. The van der Waals surface area contributed by atoms with E-state index >= 15 is 0 Å². The molecule has 0 bridgehead atoms. The lowest BCUT2D eigenvalue weighted by Gasteiger charge is -2.35. The summed E-state index contributed by atoms with van der Waals surface area (Å²) in [6, 6.07) is 20.8. The molecule has 0 heterocycles. The molecular formula is C40H51N3O6. The van der Waals surface area contributed by atoms with Gasteiger partial charge in [0.2, 0.25) is 11.8 Å². The van der Waals surface area contributed by atoms with Crippen molar-refractivity contribution in [1.29, 1.82) is 0 Å². The summed E-state index contributed by atoms with van der Waals surface area (Å²) in [7, 11) is 0. The van der Waals surface area contributed by atoms with E-state index in [1.807, 2.05) is 86.6 Å². The van der Waals surface area contributed by atoms with Crippen LogP contribution in [-0.2, 0) is 36.7 Å². The van der Waals surface area contributed by atoms with Gasteiger partial charge in [-0.2, -0.15) is 0 Å². The maximum absolute atomic E-state index is 14.6. The highest BCUT2D eigenvalue weighted by Gasteiger charge is 2.38. The zero-order chi connectivity index (χ0) is 36.4. The van der Waals surface area contributed by atoms with Crippen LogP contribution >= 0.6 is 0 Å². The van der Waals surface area contributed by atoms with Gasteiger partial charge in [-0.05, 0) is 83.2 Å². The largest absolute Gasteiger partial charge is 0.458 e. The zero-order valence-electron chi connectivity index (χ0n) is 30.0. The lowest BCUT2D eigenvalue weighted by atomic mass is 9.96. The highest BCUT2D eigenvalue weighted by molar-refractivity contribution is 5.94. The van der Waals surface area contributed by atoms with Crippen LogP contribution in [0.25, 0.3) is 0 Å². The first-order chi connectivity index (χ1) is 23.0. The van der Waals surface area contributed by atoms with Gasteiger partial charge in [0.05, 0.1) is 0 Å². The van der Waals surface area contributed by atoms with Gasteiger partial charge in [-0.3, -0.25) is 9.59 Å². The molecule has 0 aromatic heterocycles. The standard InChI is InChI=1S/C40H51N3O6/c1-10-23-43(36(45)32(25-29-17-13-11-14-18-29)42-38(47)49-40(7,8)9)34(31-22-21-27(2)28(3)24-31)35(44)41-33(37(46)48-39(4,5)6)26-30-19-15-12-16-20-30/h10-22,24,32-34H,1,23,25-26H2,2-9H3,(H,41,44)(H,42,47). The van der Waals surface area contributed by atoms with Crippen molar-refractivity contribution in [2.45, 2.75) is 97.6 Å². The molecule has 3 unspecified atom stereocenters. The third-order valence-electron chi connectivity index (χ3n) is 7.58. The van der Waals surface area contributed by atoms with Crippen LogP contribution in [0, 0.1) is 13.8 Å². The van der Waals surface area contributed by atoms with E-state index in [4.69, 9.17) is 9.47 Å². The second kappa shape index (κ2) is 17.0. The van der Waals surface area contributed by atoms with E-state index in [0.29, 0.717) is 5.56 Å². The number of aryl methyl sites for hydroxylation is 2. The Bertz CT molecular complexity index is 1590. The summed E-state index contributed by atoms with van der Waals surface area (Å²) >= 11 is 0. The average Bonchev–Trinajstić information content (AvgIpc) is 3.01. The summed E-state index contributed by atoms with van der Waals surface area (Å²) in [4.78, 5) is 57.2. The van der Waals surface area contributed by atoms with Gasteiger partial charge in [0.1, 0.15) is 29.3 Å². The molecule has 49 heavy (non-hydrogen) atoms. The molecule has 3 amide bonds. The van der Waals surface area contributed by atoms with Crippen LogP contribution in [0.3, 0.4) is 0 Å². The highest BCUT2D eigenvalue weighted by atomic mass is 16.6. The van der Waals surface area contributed by atoms with E-state index in [1.54, 1.807) is 47.6 Å². The molecule has 9 nitrogen and oxygen atoms in total. The topological polar surface area (TPSA) is 114 Å². The number of nitrogens with one attached hydrogen (secondary N) is 2. The number of alkyl carbamates (subject to hydrolysis) is 1. The third-order valence-corrected chi connectivity index (χ3v) is 7.58. The Labute approximate surface area is 291 Å². The van der Waals surface area contributed by atoms with Crippen molar-refractivity contribution >= 4 is 23.9 Å². The summed E-state index contributed by atoms with van der Waals surface area (Å²) in [5.74, 6) is -1.70. The predicted molar refractivity (Wildman–Crippen MR) is 192 cm³/mol. The van der Waals surface area contributed by atoms with Crippen molar-refractivity contribution in [3.8, 4) is 0 Å². The van der Waals surface area contributed by atoms with Crippen LogP contribution in [0.15, 0.2) is 91.5 Å². The number of esters is 1. The van der Waals surface area contributed by atoms with Gasteiger partial charge in [-0.15, -0.1) is 6.58 Å². The van der Waals surface area contributed by atoms with Gasteiger partial charge in [0, 0.05) is 19.4 Å². The van der Waals surface area contributed by atoms with E-state index in [2.05, 4.69) is 17.2 Å². The molecule has 0 aliphatic heterocycles. The van der Waals surface area contributed by atoms with E-state index in [9.17, 15) is 19.2 Å². The average molecular weight is 670 g/mol. The number of hydrogen-bond acceptors (Lipinski definition) is 6. The third kappa shape index (κ3) is 12.2. The molecule has 3 aromatic carbocycles. The Morgan fingerprint density at radius 2 is 1.27 bits per heavy atom. The molecule has 0 fully saturated rings. The Morgan fingerprint density at radius 3 is 1.76 bits per heavy atom. The predicted octanol–water partition coefficient (Wildman–Crippen LogP) is 6.56. The highest BCUT2D eigenvalue weighted by Crippen LogP contribution is 2.26. The number of carbonyl (C=O) groups is 4. The van der Waals surface area contributed by atoms with Gasteiger partial charge < -0.3 is 25.0 Å². The van der Waals surface area contributed by atoms with Crippen molar-refractivity contribution in [1.82, 2.24) is 15.5 Å². The molecule has 3 atom stereocenters. The maximum Gasteiger partial charge on any atom is 0.408 e. The molecule has 0 aliphatic carbocycles. The second-order valence-electron chi connectivity index (χ2n) is 14.2. The van der Waals surface area contributed by atoms with Crippen LogP contribution in [0.1, 0.15) is 75.4 Å². The molecule has 3 aromatic rings. The van der Waals surface area contributed by atoms with Crippen molar-refractivity contribution < 1.29 is 28.7 Å². The van der Waals surface area contributed by atoms with Crippen molar-refractivity contribution in [2.75, 3.05) is 6.54 Å². The van der Waals surface area contributed by atoms with Gasteiger partial charge in [-0.25, -0.2) is 9.59 Å². The number of benzene rings is 3. The van der Waals surface area contributed by atoms with E-state index < -0.39 is 53.2 Å². The summed E-state index contributed by atoms with van der Waals surface area (Å²) in [6.07, 6.45) is 1.08. The minimum absolute atomic E-state index is 0.0269. The Balaban J connectivity index is 2.10. The molecule has 2 N–H and O–H groups in total. The first-order valence-electron chi connectivity index (χ1n) is 16.6. The second-order valence-corrected chi connectivity index (χ2v) is 14.2. The number of amides is 3. The van der Waals surface area contributed by atoms with Crippen molar-refractivity contribution in [3.05, 3.63) is 119 Å². The molecule has 0 saturated heterocycles. The smallest absolute Gasteiger partial charge is 0.408 e. The molecule has 0 spiro atoms. The summed E-state index contributed by atoms with van der Waals surface area (Å²) in [6.45, 7) is 18.2. The first-order valence-corrected chi connectivity index (χ1v) is 16.6. The normalized spacial score (nSPS) is 13.3. The van der Waals surface area contributed by atoms with Crippen molar-refractivity contribution in [2.24, 2.45) is 0 Å². The minimum Gasteiger partial charge on any atom is -0.458 e. The number of nitrogens with zero attached hydrogens (tertiary/aromatic N) is 1. The van der Waals surface area contributed by atoms with Crippen LogP contribution in [0.4, 0.5) is 4.79 Å². The number of carbonyl (C=O) groups excluding carboxylic acids is 4. The fourth-order valence-corrected chi connectivity index (χ4v) is 5.24. The number of ether oxygens (including phenoxy) is 2. The minimum atomic E-state index is -1.19. The van der Waals surface area contributed by atoms with E-state index in [-0.39, 0.29) is 19.4 Å². The van der Waals surface area contributed by atoms with E-state index in [1.165, 1.54) is 11.0 Å². The zero-order valence-corrected chi connectivity index (χ0v) is 30.0. The molecule has 262 valence electrons. The van der Waals surface area contributed by atoms with Crippen molar-refractivity contribution in [3.63, 3.8) is 0 Å². The first kappa shape index (κ1) is 38.5. The number of hydrogen-bond donors (Lipinski definition) is 2. The quantitative estimate of drug-likeness (QED) is 0.157. The fraction of sp³-hybridized carbons (Fsp3) is 0.400. The van der Waals surface area contributed by atoms with Crippen LogP contribution < -0.4 is 10.6 Å². The molecular weight excluding hydrogens is 618 g/mol. The van der Waals surface area contributed by atoms with Gasteiger partial charge in [0.25, 0.3) is 0 Å². The molecule has 0 radical (unpaired) electrons. The van der Waals surface area contributed by atoms with Crippen LogP contribution in [-0.4, -0.2) is 58.6 Å². The van der Waals surface area contributed by atoms with E-state index in [0.717, 1.165) is 22.3 Å². The Morgan fingerprint density at radius 1 is 0.735 bits per heavy atom.